The lowest BCUT2D eigenvalue weighted by Crippen LogP contribution is -2.12. The van der Waals surface area contributed by atoms with Crippen LogP contribution in [0.25, 0.3) is 22.2 Å². The number of para-hydroxylation sites is 1. The molecule has 1 amide bonds. The van der Waals surface area contributed by atoms with Crippen LogP contribution in [0.3, 0.4) is 0 Å². The quantitative estimate of drug-likeness (QED) is 0.229. The number of nitrogens with one attached hydrogen (secondary N) is 1. The summed E-state index contributed by atoms with van der Waals surface area (Å²) in [4.78, 5) is 33.1. The van der Waals surface area contributed by atoms with Gasteiger partial charge >= 0.3 is 12.1 Å². The molecule has 0 spiro atoms. The Kier molecular flexibility index (Phi) is 10.5. The van der Waals surface area contributed by atoms with Gasteiger partial charge in [0.1, 0.15) is 12.4 Å². The van der Waals surface area contributed by atoms with E-state index in [-0.39, 0.29) is 13.0 Å². The SMILES string of the molecule is COc1nc2ccccc2cc1-c1cnc(CCCCCCC(=O)O)[nH]1.NC(=O)OCc1ccccc1. The van der Waals surface area contributed by atoms with Crippen molar-refractivity contribution in [2.75, 3.05) is 7.11 Å². The molecule has 0 saturated carbocycles. The van der Waals surface area contributed by atoms with E-state index in [1.807, 2.05) is 60.8 Å². The molecule has 2 heterocycles. The highest BCUT2D eigenvalue weighted by molar-refractivity contribution is 5.85. The second-order valence-electron chi connectivity index (χ2n) is 8.38. The van der Waals surface area contributed by atoms with Crippen LogP contribution in [0.1, 0.15) is 43.5 Å². The molecule has 0 saturated heterocycles. The number of fused-ring (bicyclic) bond motifs is 1. The van der Waals surface area contributed by atoms with E-state index in [0.29, 0.717) is 5.88 Å². The summed E-state index contributed by atoms with van der Waals surface area (Å²) < 4.78 is 10.0. The van der Waals surface area contributed by atoms with E-state index in [1.165, 1.54) is 0 Å². The molecule has 0 fully saturated rings. The smallest absolute Gasteiger partial charge is 0.404 e. The number of imidazole rings is 1. The summed E-state index contributed by atoms with van der Waals surface area (Å²) in [6, 6.07) is 19.4. The molecule has 9 heteroatoms. The highest BCUT2D eigenvalue weighted by Gasteiger charge is 2.12. The first-order chi connectivity index (χ1) is 18.0. The molecule has 4 rings (SSSR count). The predicted octanol–water partition coefficient (Wildman–Crippen LogP) is 5.49. The number of nitrogens with zero attached hydrogens (tertiary/aromatic N) is 2. The number of carboxylic acids is 1. The van der Waals surface area contributed by atoms with Crippen molar-refractivity contribution in [1.82, 2.24) is 15.0 Å². The van der Waals surface area contributed by atoms with Crippen LogP contribution < -0.4 is 10.5 Å². The number of carbonyl (C=O) groups is 2. The number of hydrogen-bond donors (Lipinski definition) is 3. The zero-order valence-electron chi connectivity index (χ0n) is 20.9. The van der Waals surface area contributed by atoms with Gasteiger partial charge in [-0.3, -0.25) is 4.79 Å². The number of carboxylic acid groups (broad SMARTS) is 1. The molecule has 0 aliphatic rings. The maximum atomic E-state index is 10.5. The van der Waals surface area contributed by atoms with Crippen LogP contribution in [-0.4, -0.2) is 39.2 Å². The minimum absolute atomic E-state index is 0.246. The maximum absolute atomic E-state index is 10.5. The van der Waals surface area contributed by atoms with Gasteiger partial charge in [-0.15, -0.1) is 0 Å². The summed E-state index contributed by atoms with van der Waals surface area (Å²) in [5.41, 5.74) is 8.40. The lowest BCUT2D eigenvalue weighted by molar-refractivity contribution is -0.137. The number of amides is 1. The normalized spacial score (nSPS) is 10.4. The van der Waals surface area contributed by atoms with E-state index >= 15 is 0 Å². The molecular weight excluding hydrogens is 472 g/mol. The lowest BCUT2D eigenvalue weighted by atomic mass is 10.1. The number of aromatic amines is 1. The minimum Gasteiger partial charge on any atom is -0.481 e. The summed E-state index contributed by atoms with van der Waals surface area (Å²) >= 11 is 0. The Labute approximate surface area is 215 Å². The highest BCUT2D eigenvalue weighted by Crippen LogP contribution is 2.30. The summed E-state index contributed by atoms with van der Waals surface area (Å²) in [6.07, 6.45) is 5.82. The van der Waals surface area contributed by atoms with Gasteiger partial charge in [-0.25, -0.2) is 14.8 Å². The van der Waals surface area contributed by atoms with Gasteiger partial charge in [0.05, 0.1) is 30.1 Å². The first-order valence-electron chi connectivity index (χ1n) is 12.1. The number of benzene rings is 2. The van der Waals surface area contributed by atoms with Gasteiger partial charge in [-0.2, -0.15) is 0 Å². The van der Waals surface area contributed by atoms with Crippen molar-refractivity contribution in [3.05, 3.63) is 78.2 Å². The first-order valence-corrected chi connectivity index (χ1v) is 12.1. The van der Waals surface area contributed by atoms with E-state index in [4.69, 9.17) is 15.6 Å². The largest absolute Gasteiger partial charge is 0.481 e. The molecule has 37 heavy (non-hydrogen) atoms. The molecule has 0 radical (unpaired) electrons. The third kappa shape index (κ3) is 8.96. The van der Waals surface area contributed by atoms with Crippen molar-refractivity contribution in [1.29, 1.82) is 0 Å². The second-order valence-corrected chi connectivity index (χ2v) is 8.38. The van der Waals surface area contributed by atoms with Crippen LogP contribution in [0.15, 0.2) is 66.9 Å². The fourth-order valence-corrected chi connectivity index (χ4v) is 3.72. The number of rotatable bonds is 11. The fourth-order valence-electron chi connectivity index (χ4n) is 3.72. The van der Waals surface area contributed by atoms with Crippen LogP contribution in [0.5, 0.6) is 5.88 Å². The first kappa shape index (κ1) is 27.2. The lowest BCUT2D eigenvalue weighted by Gasteiger charge is -2.07. The average molecular weight is 505 g/mol. The number of methoxy groups -OCH3 is 1. The van der Waals surface area contributed by atoms with Crippen molar-refractivity contribution in [2.45, 2.75) is 45.1 Å². The van der Waals surface area contributed by atoms with E-state index in [9.17, 15) is 9.59 Å². The molecule has 0 unspecified atom stereocenters. The van der Waals surface area contributed by atoms with Crippen LogP contribution in [0.4, 0.5) is 4.79 Å². The molecule has 0 atom stereocenters. The number of carbonyl (C=O) groups excluding carboxylic acids is 1. The Hall–Kier alpha value is -4.40. The molecule has 0 bridgehead atoms. The van der Waals surface area contributed by atoms with Gasteiger partial charge in [0, 0.05) is 18.2 Å². The number of primary amides is 1. The maximum Gasteiger partial charge on any atom is 0.404 e. The summed E-state index contributed by atoms with van der Waals surface area (Å²) in [6.45, 7) is 0.246. The molecule has 0 aliphatic heterocycles. The summed E-state index contributed by atoms with van der Waals surface area (Å²) in [7, 11) is 1.62. The third-order valence-corrected chi connectivity index (χ3v) is 5.58. The Morgan fingerprint density at radius 1 is 1.00 bits per heavy atom. The predicted molar refractivity (Wildman–Crippen MR) is 141 cm³/mol. The number of ether oxygens (including phenoxy) is 2. The Balaban J connectivity index is 0.000000289. The summed E-state index contributed by atoms with van der Waals surface area (Å²) in [5, 5.41) is 9.69. The van der Waals surface area contributed by atoms with Gasteiger partial charge in [0.25, 0.3) is 0 Å². The van der Waals surface area contributed by atoms with Crippen molar-refractivity contribution in [2.24, 2.45) is 5.73 Å². The zero-order chi connectivity index (χ0) is 26.5. The van der Waals surface area contributed by atoms with Gasteiger partial charge in [0.2, 0.25) is 5.88 Å². The van der Waals surface area contributed by atoms with Crippen molar-refractivity contribution in [3.8, 4) is 17.1 Å². The molecule has 4 N–H and O–H groups in total. The van der Waals surface area contributed by atoms with E-state index in [2.05, 4.69) is 25.8 Å². The number of aliphatic carboxylic acids is 1. The van der Waals surface area contributed by atoms with E-state index < -0.39 is 12.1 Å². The molecule has 2 aromatic carbocycles. The second kappa shape index (κ2) is 14.2. The molecule has 9 nitrogen and oxygen atoms in total. The van der Waals surface area contributed by atoms with Gasteiger partial charge in [0.15, 0.2) is 0 Å². The number of aryl methyl sites for hydroxylation is 1. The number of hydrogen-bond acceptors (Lipinski definition) is 6. The minimum atomic E-state index is -0.742. The fraction of sp³-hybridized carbons (Fsp3) is 0.286. The van der Waals surface area contributed by atoms with Crippen LogP contribution in [0, 0.1) is 0 Å². The number of nitrogens with two attached hydrogens (primary N) is 1. The van der Waals surface area contributed by atoms with Crippen molar-refractivity contribution in [3.63, 3.8) is 0 Å². The van der Waals surface area contributed by atoms with Crippen LogP contribution >= 0.6 is 0 Å². The van der Waals surface area contributed by atoms with Crippen LogP contribution in [0.2, 0.25) is 0 Å². The monoisotopic (exact) mass is 504 g/mol. The van der Waals surface area contributed by atoms with Crippen LogP contribution in [-0.2, 0) is 22.6 Å². The van der Waals surface area contributed by atoms with Gasteiger partial charge in [-0.1, -0.05) is 61.4 Å². The molecule has 4 aromatic rings. The Morgan fingerprint density at radius 3 is 2.46 bits per heavy atom. The van der Waals surface area contributed by atoms with Gasteiger partial charge < -0.3 is 25.3 Å². The molecule has 2 aromatic heterocycles. The number of pyridine rings is 1. The average Bonchev–Trinajstić information content (AvgIpc) is 3.38. The molecule has 194 valence electrons. The zero-order valence-corrected chi connectivity index (χ0v) is 20.9. The Morgan fingerprint density at radius 2 is 1.73 bits per heavy atom. The van der Waals surface area contributed by atoms with Crippen molar-refractivity contribution >= 4 is 23.0 Å². The van der Waals surface area contributed by atoms with Crippen molar-refractivity contribution < 1.29 is 24.2 Å². The highest BCUT2D eigenvalue weighted by atomic mass is 16.5. The van der Waals surface area contributed by atoms with Gasteiger partial charge in [-0.05, 0) is 30.5 Å². The summed E-state index contributed by atoms with van der Waals surface area (Å²) in [5.74, 6) is 0.777. The topological polar surface area (TPSA) is 140 Å². The third-order valence-electron chi connectivity index (χ3n) is 5.58. The number of H-pyrrole nitrogens is 1. The Bertz CT molecular complexity index is 1290. The number of unbranched alkanes of at least 4 members (excludes halogenated alkanes) is 3. The van der Waals surface area contributed by atoms with E-state index in [1.54, 1.807) is 7.11 Å². The standard InChI is InChI=1S/C20H23N3O3.C8H9NO2/c1-26-20-15(12-14-8-6-7-9-16(14)23-20)17-13-21-18(22-17)10-4-2-3-5-11-19(24)25;9-8(10)11-6-7-4-2-1-3-5-7/h6-9,12-13H,2-5,10-11H2,1H3,(H,21,22)(H,24,25);1-5H,6H2,(H2,9,10). The number of aromatic nitrogens is 3. The molecular formula is C28H32N4O5. The van der Waals surface area contributed by atoms with E-state index in [0.717, 1.165) is 65.7 Å². The molecule has 0 aliphatic carbocycles.